The number of carbonyl (C=O) groups excluding carboxylic acids is 1. The van der Waals surface area contributed by atoms with Crippen molar-refractivity contribution in [3.63, 3.8) is 0 Å². The first kappa shape index (κ1) is 22.5. The predicted molar refractivity (Wildman–Crippen MR) is 132 cm³/mol. The van der Waals surface area contributed by atoms with E-state index in [1.54, 1.807) is 35.2 Å². The van der Waals surface area contributed by atoms with E-state index in [-0.39, 0.29) is 11.9 Å². The Morgan fingerprint density at radius 2 is 1.53 bits per heavy atom. The molecule has 1 aliphatic heterocycles. The first-order valence-electron chi connectivity index (χ1n) is 10.1. The summed E-state index contributed by atoms with van der Waals surface area (Å²) in [5, 5.41) is 21.3. The van der Waals surface area contributed by atoms with Crippen LogP contribution in [-0.2, 0) is 5.54 Å². The zero-order chi connectivity index (χ0) is 23.0. The van der Waals surface area contributed by atoms with E-state index < -0.39 is 11.8 Å². The number of hydrogen-bond donors (Lipinski definition) is 1. The second-order valence-corrected chi connectivity index (χ2v) is 9.82. The van der Waals surface area contributed by atoms with Gasteiger partial charge in [-0.15, -0.1) is 0 Å². The molecule has 1 N–H and O–H groups in total. The highest BCUT2D eigenvalue weighted by molar-refractivity contribution is 9.10. The number of nitrogens with zero attached hydrogens (tertiary/aromatic N) is 3. The number of aliphatic hydroxyl groups is 1. The Labute approximate surface area is 204 Å². The van der Waals surface area contributed by atoms with Crippen LogP contribution in [0, 0.1) is 17.2 Å². The summed E-state index contributed by atoms with van der Waals surface area (Å²) in [7, 11) is 0. The number of carbonyl (C=O) groups is 1. The lowest BCUT2D eigenvalue weighted by molar-refractivity contribution is 0.0788. The minimum absolute atomic E-state index is 0.181. The average Bonchev–Trinajstić information content (AvgIpc) is 3.02. The first-order chi connectivity index (χ1) is 15.3. The summed E-state index contributed by atoms with van der Waals surface area (Å²) in [6.45, 7) is 3.96. The molecule has 2 unspecified atom stereocenters. The quantitative estimate of drug-likeness (QED) is 0.405. The van der Waals surface area contributed by atoms with Gasteiger partial charge < -0.3 is 5.11 Å². The summed E-state index contributed by atoms with van der Waals surface area (Å²) in [6, 6.07) is 23.7. The lowest BCUT2D eigenvalue weighted by Gasteiger charge is -2.43. The van der Waals surface area contributed by atoms with Crippen LogP contribution in [0.25, 0.3) is 0 Å². The van der Waals surface area contributed by atoms with E-state index in [0.29, 0.717) is 22.5 Å². The fourth-order valence-electron chi connectivity index (χ4n) is 4.46. The Morgan fingerprint density at radius 3 is 2.06 bits per heavy atom. The van der Waals surface area contributed by atoms with E-state index in [0.717, 1.165) is 8.95 Å². The number of aliphatic hydroxyl groups excluding tert-OH is 1. The van der Waals surface area contributed by atoms with Gasteiger partial charge in [0.25, 0.3) is 0 Å². The number of benzene rings is 3. The number of hydrogen-bond acceptors (Lipinski definition) is 3. The van der Waals surface area contributed by atoms with Crippen LogP contribution in [-0.4, -0.2) is 17.4 Å². The Kier molecular flexibility index (Phi) is 6.13. The van der Waals surface area contributed by atoms with E-state index in [9.17, 15) is 15.2 Å². The molecule has 1 fully saturated rings. The highest BCUT2D eigenvalue weighted by atomic mass is 79.9. The molecule has 5 nitrogen and oxygen atoms in total. The summed E-state index contributed by atoms with van der Waals surface area (Å²) >= 11 is 6.88. The van der Waals surface area contributed by atoms with Crippen molar-refractivity contribution < 1.29 is 9.90 Å². The van der Waals surface area contributed by atoms with Crippen LogP contribution in [0.15, 0.2) is 81.7 Å². The SMILES string of the molecule is CC(C)C1(c2cccc(C#N)c2)C(O)N(c2ccc(Br)cc2)C(=O)N1c1ccc(Br)cc1. The maximum absolute atomic E-state index is 13.9. The third-order valence-electron chi connectivity index (χ3n) is 5.93. The number of urea groups is 1. The highest BCUT2D eigenvalue weighted by Crippen LogP contribution is 2.49. The molecule has 0 radical (unpaired) electrons. The minimum Gasteiger partial charge on any atom is -0.370 e. The van der Waals surface area contributed by atoms with Gasteiger partial charge in [0.15, 0.2) is 6.23 Å². The molecule has 7 heteroatoms. The molecule has 1 heterocycles. The molecule has 0 saturated carbocycles. The highest BCUT2D eigenvalue weighted by Gasteiger charge is 2.60. The smallest absolute Gasteiger partial charge is 0.332 e. The van der Waals surface area contributed by atoms with Gasteiger partial charge in [-0.25, -0.2) is 4.79 Å². The van der Waals surface area contributed by atoms with Crippen molar-refractivity contribution in [1.29, 1.82) is 5.26 Å². The molecule has 3 aromatic carbocycles. The fraction of sp³-hybridized carbons (Fsp3) is 0.200. The molecule has 2 atom stereocenters. The standard InChI is InChI=1S/C25H21Br2N3O2/c1-16(2)25(18-5-3-4-17(14-18)15-28)23(31)29(21-10-6-19(26)7-11-21)24(32)30(25)22-12-8-20(27)9-13-22/h3-14,16,23,31H,1-2H3. The maximum atomic E-state index is 13.9. The van der Waals surface area contributed by atoms with Crippen LogP contribution in [0.1, 0.15) is 25.0 Å². The third-order valence-corrected chi connectivity index (χ3v) is 6.99. The summed E-state index contributed by atoms with van der Waals surface area (Å²) in [4.78, 5) is 17.0. The average molecular weight is 555 g/mol. The lowest BCUT2D eigenvalue weighted by atomic mass is 9.76. The first-order valence-corrected chi connectivity index (χ1v) is 11.7. The molecular formula is C25H21Br2N3O2. The Hall–Kier alpha value is -2.66. The second kappa shape index (κ2) is 8.70. The molecule has 4 rings (SSSR count). The molecular weight excluding hydrogens is 534 g/mol. The van der Waals surface area contributed by atoms with Crippen molar-refractivity contribution in [2.75, 3.05) is 9.80 Å². The van der Waals surface area contributed by atoms with Crippen molar-refractivity contribution in [1.82, 2.24) is 0 Å². The van der Waals surface area contributed by atoms with Crippen molar-refractivity contribution in [3.8, 4) is 6.07 Å². The number of halogens is 2. The normalized spacial score (nSPS) is 20.7. The predicted octanol–water partition coefficient (Wildman–Crippen LogP) is 6.40. The molecule has 0 bridgehead atoms. The van der Waals surface area contributed by atoms with Crippen LogP contribution in [0.4, 0.5) is 16.2 Å². The number of amides is 2. The van der Waals surface area contributed by atoms with Crippen LogP contribution in [0.2, 0.25) is 0 Å². The van der Waals surface area contributed by atoms with Gasteiger partial charge in [-0.1, -0.05) is 57.8 Å². The molecule has 1 saturated heterocycles. The van der Waals surface area contributed by atoms with E-state index in [1.807, 2.05) is 56.3 Å². The lowest BCUT2D eigenvalue weighted by Crippen LogP contribution is -2.53. The van der Waals surface area contributed by atoms with E-state index in [2.05, 4.69) is 37.9 Å². The van der Waals surface area contributed by atoms with Crippen LogP contribution >= 0.6 is 31.9 Å². The molecule has 0 aromatic heterocycles. The number of rotatable bonds is 4. The zero-order valence-electron chi connectivity index (χ0n) is 17.5. The van der Waals surface area contributed by atoms with Crippen LogP contribution in [0.5, 0.6) is 0 Å². The summed E-state index contributed by atoms with van der Waals surface area (Å²) in [5.41, 5.74) is 1.31. The van der Waals surface area contributed by atoms with E-state index >= 15 is 0 Å². The van der Waals surface area contributed by atoms with Gasteiger partial charge in [0.2, 0.25) is 0 Å². The molecule has 3 aromatic rings. The molecule has 0 spiro atoms. The Balaban J connectivity index is 2.00. The molecule has 0 aliphatic carbocycles. The van der Waals surface area contributed by atoms with Gasteiger partial charge in [0, 0.05) is 20.3 Å². The van der Waals surface area contributed by atoms with Gasteiger partial charge in [0.1, 0.15) is 5.54 Å². The van der Waals surface area contributed by atoms with Crippen molar-refractivity contribution in [2.45, 2.75) is 25.6 Å². The Bertz CT molecular complexity index is 1190. The third kappa shape index (κ3) is 3.53. The number of anilines is 2. The van der Waals surface area contributed by atoms with Crippen molar-refractivity contribution in [3.05, 3.63) is 92.9 Å². The summed E-state index contributed by atoms with van der Waals surface area (Å²) in [5.74, 6) is -0.181. The molecule has 1 aliphatic rings. The minimum atomic E-state index is -1.19. The van der Waals surface area contributed by atoms with Gasteiger partial charge in [-0.2, -0.15) is 5.26 Å². The molecule has 32 heavy (non-hydrogen) atoms. The van der Waals surface area contributed by atoms with Gasteiger partial charge in [-0.3, -0.25) is 9.80 Å². The van der Waals surface area contributed by atoms with Gasteiger partial charge >= 0.3 is 6.03 Å². The second-order valence-electron chi connectivity index (χ2n) is 7.99. The molecule has 162 valence electrons. The zero-order valence-corrected chi connectivity index (χ0v) is 20.7. The van der Waals surface area contributed by atoms with Gasteiger partial charge in [0.05, 0.1) is 11.6 Å². The largest absolute Gasteiger partial charge is 0.370 e. The fourth-order valence-corrected chi connectivity index (χ4v) is 4.98. The topological polar surface area (TPSA) is 67.6 Å². The van der Waals surface area contributed by atoms with Crippen molar-refractivity contribution >= 4 is 49.3 Å². The summed E-state index contributed by atoms with van der Waals surface area (Å²) < 4.78 is 1.77. The van der Waals surface area contributed by atoms with E-state index in [4.69, 9.17) is 0 Å². The van der Waals surface area contributed by atoms with E-state index in [1.165, 1.54) is 4.90 Å². The Morgan fingerprint density at radius 1 is 0.969 bits per heavy atom. The summed E-state index contributed by atoms with van der Waals surface area (Å²) in [6.07, 6.45) is -1.19. The van der Waals surface area contributed by atoms with Crippen LogP contribution < -0.4 is 9.80 Å². The van der Waals surface area contributed by atoms with Crippen molar-refractivity contribution in [2.24, 2.45) is 5.92 Å². The number of nitriles is 1. The van der Waals surface area contributed by atoms with Gasteiger partial charge in [-0.05, 0) is 72.1 Å². The maximum Gasteiger partial charge on any atom is 0.332 e. The molecule has 2 amide bonds. The van der Waals surface area contributed by atoms with Crippen LogP contribution in [0.3, 0.4) is 0 Å². The monoisotopic (exact) mass is 553 g/mol.